The molecular formula is C16H15N3S. The fourth-order valence-corrected chi connectivity index (χ4v) is 2.69. The van der Waals surface area contributed by atoms with Crippen molar-refractivity contribution in [1.82, 2.24) is 9.97 Å². The number of rotatable bonds is 5. The molecule has 1 N–H and O–H groups in total. The molecule has 0 aliphatic rings. The van der Waals surface area contributed by atoms with Gasteiger partial charge >= 0.3 is 0 Å². The van der Waals surface area contributed by atoms with Crippen molar-refractivity contribution in [3.63, 3.8) is 0 Å². The third-order valence-electron chi connectivity index (χ3n) is 2.96. The van der Waals surface area contributed by atoms with Gasteiger partial charge in [0.1, 0.15) is 0 Å². The van der Waals surface area contributed by atoms with E-state index in [9.17, 15) is 0 Å². The van der Waals surface area contributed by atoms with Gasteiger partial charge in [-0.05, 0) is 12.1 Å². The molecule has 0 aliphatic carbocycles. The van der Waals surface area contributed by atoms with Crippen LogP contribution in [0, 0.1) is 0 Å². The van der Waals surface area contributed by atoms with Crippen molar-refractivity contribution in [3.8, 4) is 11.3 Å². The number of pyridine rings is 1. The third-order valence-corrected chi connectivity index (χ3v) is 3.76. The molecule has 0 unspecified atom stereocenters. The van der Waals surface area contributed by atoms with Gasteiger partial charge in [0.25, 0.3) is 0 Å². The van der Waals surface area contributed by atoms with Gasteiger partial charge in [-0.25, -0.2) is 4.98 Å². The molecule has 3 aromatic rings. The van der Waals surface area contributed by atoms with E-state index >= 15 is 0 Å². The molecule has 20 heavy (non-hydrogen) atoms. The molecule has 2 aromatic heterocycles. The Kier molecular flexibility index (Phi) is 4.04. The van der Waals surface area contributed by atoms with Crippen LogP contribution in [0.2, 0.25) is 0 Å². The van der Waals surface area contributed by atoms with Gasteiger partial charge in [0.15, 0.2) is 5.13 Å². The van der Waals surface area contributed by atoms with E-state index in [2.05, 4.69) is 32.8 Å². The Bertz CT molecular complexity index is 650. The molecule has 2 heterocycles. The molecule has 3 rings (SSSR count). The lowest BCUT2D eigenvalue weighted by Crippen LogP contribution is -2.05. The molecule has 0 amide bonds. The Morgan fingerprint density at radius 1 is 1.00 bits per heavy atom. The maximum atomic E-state index is 4.60. The van der Waals surface area contributed by atoms with Crippen molar-refractivity contribution in [3.05, 3.63) is 65.8 Å². The normalized spacial score (nSPS) is 10.4. The zero-order valence-electron chi connectivity index (χ0n) is 11.0. The Morgan fingerprint density at radius 3 is 2.65 bits per heavy atom. The minimum absolute atomic E-state index is 0.846. The first-order chi connectivity index (χ1) is 9.92. The Morgan fingerprint density at radius 2 is 1.85 bits per heavy atom. The summed E-state index contributed by atoms with van der Waals surface area (Å²) in [6, 6.07) is 16.2. The van der Waals surface area contributed by atoms with Gasteiger partial charge in [0.05, 0.1) is 5.69 Å². The first kappa shape index (κ1) is 12.8. The largest absolute Gasteiger partial charge is 0.361 e. The molecule has 0 saturated heterocycles. The number of nitrogens with one attached hydrogen (secondary N) is 1. The van der Waals surface area contributed by atoms with Gasteiger partial charge < -0.3 is 5.32 Å². The van der Waals surface area contributed by atoms with Crippen LogP contribution < -0.4 is 5.32 Å². The smallest absolute Gasteiger partial charge is 0.183 e. The van der Waals surface area contributed by atoms with E-state index in [0.29, 0.717) is 0 Å². The SMILES string of the molecule is c1ccc(-c2csc(NCCc3ccccn3)n2)cc1. The molecule has 1 aromatic carbocycles. The van der Waals surface area contributed by atoms with E-state index in [4.69, 9.17) is 0 Å². The molecule has 0 aliphatic heterocycles. The highest BCUT2D eigenvalue weighted by Crippen LogP contribution is 2.24. The van der Waals surface area contributed by atoms with Gasteiger partial charge in [-0.1, -0.05) is 36.4 Å². The first-order valence-electron chi connectivity index (χ1n) is 6.56. The predicted octanol–water partition coefficient (Wildman–Crippen LogP) is 3.86. The van der Waals surface area contributed by atoms with E-state index in [-0.39, 0.29) is 0 Å². The molecule has 4 heteroatoms. The monoisotopic (exact) mass is 281 g/mol. The van der Waals surface area contributed by atoms with Gasteiger partial charge in [-0.2, -0.15) is 0 Å². The summed E-state index contributed by atoms with van der Waals surface area (Å²) in [6.45, 7) is 0.846. The summed E-state index contributed by atoms with van der Waals surface area (Å²) in [5.41, 5.74) is 3.28. The van der Waals surface area contributed by atoms with Gasteiger partial charge in [-0.3, -0.25) is 4.98 Å². The number of thiazole rings is 1. The van der Waals surface area contributed by atoms with E-state index in [0.717, 1.165) is 35.0 Å². The molecule has 0 fully saturated rings. The summed E-state index contributed by atoms with van der Waals surface area (Å²) in [6.07, 6.45) is 2.73. The van der Waals surface area contributed by atoms with Gasteiger partial charge in [0.2, 0.25) is 0 Å². The number of anilines is 1. The molecule has 0 bridgehead atoms. The van der Waals surface area contributed by atoms with Crippen LogP contribution in [-0.4, -0.2) is 16.5 Å². The number of hydrogen-bond acceptors (Lipinski definition) is 4. The third kappa shape index (κ3) is 3.22. The second kappa shape index (κ2) is 6.30. The molecule has 3 nitrogen and oxygen atoms in total. The second-order valence-electron chi connectivity index (χ2n) is 4.40. The van der Waals surface area contributed by atoms with E-state index in [1.165, 1.54) is 0 Å². The highest BCUT2D eigenvalue weighted by Gasteiger charge is 2.03. The summed E-state index contributed by atoms with van der Waals surface area (Å²) in [5, 5.41) is 6.39. The zero-order chi connectivity index (χ0) is 13.6. The van der Waals surface area contributed by atoms with Gasteiger partial charge in [0, 0.05) is 35.8 Å². The van der Waals surface area contributed by atoms with Crippen LogP contribution in [0.5, 0.6) is 0 Å². The number of hydrogen-bond donors (Lipinski definition) is 1. The van der Waals surface area contributed by atoms with Crippen LogP contribution in [0.25, 0.3) is 11.3 Å². The fourth-order valence-electron chi connectivity index (χ4n) is 1.94. The van der Waals surface area contributed by atoms with Crippen LogP contribution >= 0.6 is 11.3 Å². The average molecular weight is 281 g/mol. The highest BCUT2D eigenvalue weighted by molar-refractivity contribution is 7.14. The maximum Gasteiger partial charge on any atom is 0.183 e. The van der Waals surface area contributed by atoms with E-state index in [1.54, 1.807) is 11.3 Å². The van der Waals surface area contributed by atoms with Crippen LogP contribution in [0.3, 0.4) is 0 Å². The summed E-state index contributed by atoms with van der Waals surface area (Å²) < 4.78 is 0. The molecular weight excluding hydrogens is 266 g/mol. The first-order valence-corrected chi connectivity index (χ1v) is 7.44. The van der Waals surface area contributed by atoms with Crippen molar-refractivity contribution < 1.29 is 0 Å². The number of benzene rings is 1. The van der Waals surface area contributed by atoms with Crippen LogP contribution in [0.15, 0.2) is 60.1 Å². The standard InChI is InChI=1S/C16H15N3S/c1-2-6-13(7-3-1)15-12-20-16(19-15)18-11-9-14-8-4-5-10-17-14/h1-8,10,12H,9,11H2,(H,18,19). The lowest BCUT2D eigenvalue weighted by atomic mass is 10.2. The topological polar surface area (TPSA) is 37.8 Å². The lowest BCUT2D eigenvalue weighted by molar-refractivity contribution is 0.959. The Balaban J connectivity index is 1.58. The molecule has 0 atom stereocenters. The molecule has 0 radical (unpaired) electrons. The summed E-state index contributed by atoms with van der Waals surface area (Å²) in [4.78, 5) is 8.90. The Labute approximate surface area is 122 Å². The quantitative estimate of drug-likeness (QED) is 0.771. The lowest BCUT2D eigenvalue weighted by Gasteiger charge is -2.01. The van der Waals surface area contributed by atoms with Crippen molar-refractivity contribution in [2.45, 2.75) is 6.42 Å². The molecule has 100 valence electrons. The van der Waals surface area contributed by atoms with Crippen molar-refractivity contribution >= 4 is 16.5 Å². The molecule has 0 spiro atoms. The summed E-state index contributed by atoms with van der Waals surface area (Å²) in [7, 11) is 0. The Hall–Kier alpha value is -2.20. The zero-order valence-corrected chi connectivity index (χ0v) is 11.8. The average Bonchev–Trinajstić information content (AvgIpc) is 2.98. The van der Waals surface area contributed by atoms with Crippen molar-refractivity contribution in [2.24, 2.45) is 0 Å². The van der Waals surface area contributed by atoms with E-state index in [1.807, 2.05) is 42.6 Å². The van der Waals surface area contributed by atoms with E-state index < -0.39 is 0 Å². The number of aromatic nitrogens is 2. The minimum Gasteiger partial charge on any atom is -0.361 e. The predicted molar refractivity (Wildman–Crippen MR) is 84.0 cm³/mol. The molecule has 0 saturated carbocycles. The van der Waals surface area contributed by atoms with Crippen molar-refractivity contribution in [1.29, 1.82) is 0 Å². The summed E-state index contributed by atoms with van der Waals surface area (Å²) >= 11 is 1.64. The minimum atomic E-state index is 0.846. The van der Waals surface area contributed by atoms with Crippen LogP contribution in [0.4, 0.5) is 5.13 Å². The fraction of sp³-hybridized carbons (Fsp3) is 0.125. The number of nitrogens with zero attached hydrogens (tertiary/aromatic N) is 2. The van der Waals surface area contributed by atoms with Gasteiger partial charge in [-0.15, -0.1) is 11.3 Å². The van der Waals surface area contributed by atoms with Crippen LogP contribution in [-0.2, 0) is 6.42 Å². The summed E-state index contributed by atoms with van der Waals surface area (Å²) in [5.74, 6) is 0. The van der Waals surface area contributed by atoms with Crippen LogP contribution in [0.1, 0.15) is 5.69 Å². The maximum absolute atomic E-state index is 4.60. The second-order valence-corrected chi connectivity index (χ2v) is 5.26. The highest BCUT2D eigenvalue weighted by atomic mass is 32.1. The van der Waals surface area contributed by atoms with Crippen molar-refractivity contribution in [2.75, 3.05) is 11.9 Å².